The van der Waals surface area contributed by atoms with Crippen LogP contribution in [0.2, 0.25) is 0 Å². The number of benzene rings is 2. The quantitative estimate of drug-likeness (QED) is 0.919. The van der Waals surface area contributed by atoms with Gasteiger partial charge in [0, 0.05) is 22.9 Å². The highest BCUT2D eigenvalue weighted by Gasteiger charge is 2.10. The molecule has 1 atom stereocenters. The number of hydrogen-bond donors (Lipinski definition) is 1. The summed E-state index contributed by atoms with van der Waals surface area (Å²) in [6, 6.07) is 15.4. The molecule has 0 spiro atoms. The molecule has 1 N–H and O–H groups in total. The van der Waals surface area contributed by atoms with Crippen LogP contribution in [0, 0.1) is 11.3 Å². The molecule has 4 heteroatoms. The minimum absolute atomic E-state index is 0.509. The number of hydrogen-bond acceptors (Lipinski definition) is 3. The number of nitriles is 1. The molecule has 102 valence electrons. The molecule has 0 unspecified atom stereocenters. The smallest absolute Gasteiger partial charge is 0.0992 e. The summed E-state index contributed by atoms with van der Waals surface area (Å²) < 4.78 is 0.869. The molecule has 0 aromatic heterocycles. The number of aliphatic hydroxyl groups is 1. The summed E-state index contributed by atoms with van der Waals surface area (Å²) in [7, 11) is 1.94. The number of nitrogens with zero attached hydrogens (tertiary/aromatic N) is 2. The van der Waals surface area contributed by atoms with Gasteiger partial charge in [-0.2, -0.15) is 5.26 Å². The lowest BCUT2D eigenvalue weighted by atomic mass is 10.1. The second-order valence-corrected chi connectivity index (χ2v) is 5.46. The molecule has 0 bridgehead atoms. The van der Waals surface area contributed by atoms with Gasteiger partial charge in [-0.15, -0.1) is 0 Å². The predicted octanol–water partition coefficient (Wildman–Crippen LogP) is 4.14. The van der Waals surface area contributed by atoms with Gasteiger partial charge in [-0.25, -0.2) is 0 Å². The zero-order valence-electron chi connectivity index (χ0n) is 11.3. The zero-order valence-corrected chi connectivity index (χ0v) is 12.9. The van der Waals surface area contributed by atoms with E-state index in [1.807, 2.05) is 48.3 Å². The van der Waals surface area contributed by atoms with Crippen LogP contribution in [0.1, 0.15) is 24.2 Å². The van der Waals surface area contributed by atoms with E-state index in [9.17, 15) is 5.11 Å². The molecule has 0 radical (unpaired) electrons. The van der Waals surface area contributed by atoms with Gasteiger partial charge < -0.3 is 10.0 Å². The third kappa shape index (κ3) is 3.01. The lowest BCUT2D eigenvalue weighted by molar-refractivity contribution is 0.198. The van der Waals surface area contributed by atoms with Crippen molar-refractivity contribution in [1.29, 1.82) is 5.26 Å². The first-order chi connectivity index (χ1) is 9.52. The average molecular weight is 331 g/mol. The molecule has 0 heterocycles. The molecule has 0 saturated carbocycles. The minimum Gasteiger partial charge on any atom is -0.389 e. The number of rotatable bonds is 3. The fraction of sp³-hybridized carbons (Fsp3) is 0.188. The third-order valence-corrected chi connectivity index (χ3v) is 3.87. The number of halogens is 1. The number of aliphatic hydroxyl groups excluding tert-OH is 1. The highest BCUT2D eigenvalue weighted by Crippen LogP contribution is 2.31. The van der Waals surface area contributed by atoms with Crippen molar-refractivity contribution in [3.63, 3.8) is 0 Å². The lowest BCUT2D eigenvalue weighted by Gasteiger charge is -2.21. The van der Waals surface area contributed by atoms with Crippen molar-refractivity contribution < 1.29 is 5.11 Å². The summed E-state index contributed by atoms with van der Waals surface area (Å²) >= 11 is 3.48. The molecule has 0 aliphatic carbocycles. The Morgan fingerprint density at radius 3 is 2.50 bits per heavy atom. The Balaban J connectivity index is 2.36. The van der Waals surface area contributed by atoms with E-state index in [1.54, 1.807) is 13.0 Å². The van der Waals surface area contributed by atoms with E-state index in [0.717, 1.165) is 21.4 Å². The van der Waals surface area contributed by atoms with Gasteiger partial charge in [0.2, 0.25) is 0 Å². The average Bonchev–Trinajstić information content (AvgIpc) is 2.46. The Bertz CT molecular complexity index is 662. The van der Waals surface area contributed by atoms with Gasteiger partial charge in [0.05, 0.1) is 17.7 Å². The van der Waals surface area contributed by atoms with Crippen molar-refractivity contribution in [1.82, 2.24) is 0 Å². The zero-order chi connectivity index (χ0) is 14.7. The van der Waals surface area contributed by atoms with Crippen LogP contribution in [0.5, 0.6) is 0 Å². The number of anilines is 2. The third-order valence-electron chi connectivity index (χ3n) is 3.18. The maximum atomic E-state index is 9.64. The van der Waals surface area contributed by atoms with E-state index < -0.39 is 6.10 Å². The van der Waals surface area contributed by atoms with E-state index >= 15 is 0 Å². The largest absolute Gasteiger partial charge is 0.389 e. The molecular formula is C16H15BrN2O. The molecule has 20 heavy (non-hydrogen) atoms. The lowest BCUT2D eigenvalue weighted by Crippen LogP contribution is -2.10. The summed E-state index contributed by atoms with van der Waals surface area (Å²) in [4.78, 5) is 2.00. The maximum Gasteiger partial charge on any atom is 0.0992 e. The molecule has 0 saturated heterocycles. The Labute approximate surface area is 127 Å². The topological polar surface area (TPSA) is 47.3 Å². The van der Waals surface area contributed by atoms with E-state index in [4.69, 9.17) is 5.26 Å². The van der Waals surface area contributed by atoms with Crippen molar-refractivity contribution in [2.45, 2.75) is 13.0 Å². The first-order valence-electron chi connectivity index (χ1n) is 6.24. The van der Waals surface area contributed by atoms with Gasteiger partial charge in [0.1, 0.15) is 0 Å². The fourth-order valence-electron chi connectivity index (χ4n) is 2.00. The predicted molar refractivity (Wildman–Crippen MR) is 84.0 cm³/mol. The van der Waals surface area contributed by atoms with Crippen LogP contribution in [0.15, 0.2) is 46.9 Å². The molecule has 2 rings (SSSR count). The Hall–Kier alpha value is -1.83. The Morgan fingerprint density at radius 1 is 1.20 bits per heavy atom. The van der Waals surface area contributed by atoms with Crippen molar-refractivity contribution in [2.75, 3.05) is 11.9 Å². The molecular weight excluding hydrogens is 316 g/mol. The van der Waals surface area contributed by atoms with Gasteiger partial charge in [-0.3, -0.25) is 0 Å². The standard InChI is InChI=1S/C16H15BrN2O/c1-11(20)15-7-6-14(9-16(15)17)19(2)13-5-3-4-12(8-13)10-18/h3-9,11,20H,1-2H3/t11-/m0/s1. The molecule has 0 fully saturated rings. The van der Waals surface area contributed by atoms with Crippen LogP contribution in [0.3, 0.4) is 0 Å². The molecule has 2 aromatic rings. The van der Waals surface area contributed by atoms with E-state index in [0.29, 0.717) is 5.56 Å². The van der Waals surface area contributed by atoms with E-state index in [-0.39, 0.29) is 0 Å². The second-order valence-electron chi connectivity index (χ2n) is 4.60. The molecule has 0 aliphatic heterocycles. The highest BCUT2D eigenvalue weighted by molar-refractivity contribution is 9.10. The maximum absolute atomic E-state index is 9.64. The van der Waals surface area contributed by atoms with Crippen LogP contribution in [0.25, 0.3) is 0 Å². The highest BCUT2D eigenvalue weighted by atomic mass is 79.9. The summed E-state index contributed by atoms with van der Waals surface area (Å²) in [6.07, 6.45) is -0.509. The first-order valence-corrected chi connectivity index (χ1v) is 7.03. The van der Waals surface area contributed by atoms with Gasteiger partial charge in [0.25, 0.3) is 0 Å². The van der Waals surface area contributed by atoms with Crippen LogP contribution >= 0.6 is 15.9 Å². The summed E-state index contributed by atoms with van der Waals surface area (Å²) in [5.41, 5.74) is 3.42. The van der Waals surface area contributed by atoms with Gasteiger partial charge in [-0.05, 0) is 42.8 Å². The van der Waals surface area contributed by atoms with Crippen molar-refractivity contribution in [3.8, 4) is 6.07 Å². The van der Waals surface area contributed by atoms with Gasteiger partial charge in [-0.1, -0.05) is 28.1 Å². The Kier molecular flexibility index (Phi) is 4.43. The SMILES string of the molecule is C[C@H](O)c1ccc(N(C)c2cccc(C#N)c2)cc1Br. The van der Waals surface area contributed by atoms with E-state index in [1.165, 1.54) is 0 Å². The summed E-state index contributed by atoms with van der Waals surface area (Å²) in [5.74, 6) is 0. The minimum atomic E-state index is -0.509. The molecule has 0 amide bonds. The van der Waals surface area contributed by atoms with Crippen molar-refractivity contribution in [2.24, 2.45) is 0 Å². The fourth-order valence-corrected chi connectivity index (χ4v) is 2.69. The van der Waals surface area contributed by atoms with Crippen LogP contribution in [0.4, 0.5) is 11.4 Å². The Morgan fingerprint density at radius 2 is 1.90 bits per heavy atom. The molecule has 3 nitrogen and oxygen atoms in total. The first kappa shape index (κ1) is 14.6. The van der Waals surface area contributed by atoms with Gasteiger partial charge >= 0.3 is 0 Å². The van der Waals surface area contributed by atoms with Crippen LogP contribution in [-0.2, 0) is 0 Å². The van der Waals surface area contributed by atoms with Crippen LogP contribution in [-0.4, -0.2) is 12.2 Å². The van der Waals surface area contributed by atoms with Crippen molar-refractivity contribution in [3.05, 3.63) is 58.1 Å². The normalized spacial score (nSPS) is 11.8. The van der Waals surface area contributed by atoms with E-state index in [2.05, 4.69) is 22.0 Å². The molecule has 0 aliphatic rings. The van der Waals surface area contributed by atoms with Crippen molar-refractivity contribution >= 4 is 27.3 Å². The molecule has 2 aromatic carbocycles. The monoisotopic (exact) mass is 330 g/mol. The summed E-state index contributed by atoms with van der Waals surface area (Å²) in [5, 5.41) is 18.6. The second kappa shape index (κ2) is 6.08. The summed E-state index contributed by atoms with van der Waals surface area (Å²) in [6.45, 7) is 1.74. The van der Waals surface area contributed by atoms with Crippen LogP contribution < -0.4 is 4.90 Å². The van der Waals surface area contributed by atoms with Gasteiger partial charge in [0.15, 0.2) is 0 Å².